The summed E-state index contributed by atoms with van der Waals surface area (Å²) in [6.07, 6.45) is 2.03. The summed E-state index contributed by atoms with van der Waals surface area (Å²) in [5, 5.41) is 5.18. The molecular formula is C20H25N3O7. The molecule has 10 nitrogen and oxygen atoms in total. The fourth-order valence-corrected chi connectivity index (χ4v) is 3.51. The van der Waals surface area contributed by atoms with Gasteiger partial charge in [-0.1, -0.05) is 6.92 Å². The zero-order valence-electron chi connectivity index (χ0n) is 16.9. The maximum Gasteiger partial charge on any atom is 0.338 e. The monoisotopic (exact) mass is 419 g/mol. The van der Waals surface area contributed by atoms with Crippen LogP contribution in [0.1, 0.15) is 32.4 Å². The van der Waals surface area contributed by atoms with Gasteiger partial charge >= 0.3 is 18.0 Å². The zero-order chi connectivity index (χ0) is 21.7. The van der Waals surface area contributed by atoms with Crippen LogP contribution >= 0.6 is 0 Å². The highest BCUT2D eigenvalue weighted by molar-refractivity contribution is 5.95. The number of furan rings is 1. The van der Waals surface area contributed by atoms with Gasteiger partial charge < -0.3 is 29.4 Å². The fraction of sp³-hybridized carbons (Fsp3) is 0.500. The molecule has 0 saturated carbocycles. The normalized spacial score (nSPS) is 21.3. The first kappa shape index (κ1) is 21.4. The molecule has 0 radical (unpaired) electrons. The predicted molar refractivity (Wildman–Crippen MR) is 103 cm³/mol. The van der Waals surface area contributed by atoms with Crippen molar-refractivity contribution in [2.24, 2.45) is 5.92 Å². The molecule has 0 spiro atoms. The molecule has 2 aliphatic rings. The van der Waals surface area contributed by atoms with Crippen LogP contribution in [0.15, 0.2) is 34.1 Å². The third-order valence-electron chi connectivity index (χ3n) is 4.98. The van der Waals surface area contributed by atoms with Crippen LogP contribution in [-0.4, -0.2) is 54.6 Å². The number of nitrogens with one attached hydrogen (secondary N) is 2. The molecular weight excluding hydrogens is 394 g/mol. The average Bonchev–Trinajstić information content (AvgIpc) is 3.36. The molecule has 2 N–H and O–H groups in total. The lowest BCUT2D eigenvalue weighted by molar-refractivity contribution is -0.148. The summed E-state index contributed by atoms with van der Waals surface area (Å²) in [6.45, 7) is 3.88. The molecule has 1 saturated heterocycles. The minimum atomic E-state index is -0.626. The molecule has 30 heavy (non-hydrogen) atoms. The van der Waals surface area contributed by atoms with E-state index in [2.05, 4.69) is 10.6 Å². The number of nitrogens with zero attached hydrogens (tertiary/aromatic N) is 1. The van der Waals surface area contributed by atoms with Crippen molar-refractivity contribution in [3.8, 4) is 0 Å². The van der Waals surface area contributed by atoms with Gasteiger partial charge in [-0.25, -0.2) is 9.59 Å². The average molecular weight is 419 g/mol. The molecule has 3 heterocycles. The Morgan fingerprint density at radius 2 is 2.07 bits per heavy atom. The molecule has 1 fully saturated rings. The van der Waals surface area contributed by atoms with Gasteiger partial charge in [0.2, 0.25) is 5.91 Å². The maximum atomic E-state index is 12.5. The third kappa shape index (κ3) is 4.81. The molecule has 3 amide bonds. The molecule has 0 bridgehead atoms. The summed E-state index contributed by atoms with van der Waals surface area (Å²) in [6, 6.07) is 2.46. The number of esters is 2. The van der Waals surface area contributed by atoms with Crippen LogP contribution in [0.2, 0.25) is 0 Å². The van der Waals surface area contributed by atoms with E-state index < -0.39 is 29.9 Å². The first-order chi connectivity index (χ1) is 14.4. The largest absolute Gasteiger partial charge is 0.467 e. The summed E-state index contributed by atoms with van der Waals surface area (Å²) in [5.41, 5.74) is 0.419. The number of hydrogen-bond acceptors (Lipinski definition) is 7. The van der Waals surface area contributed by atoms with Gasteiger partial charge in [0.25, 0.3) is 0 Å². The highest BCUT2D eigenvalue weighted by Crippen LogP contribution is 2.23. The number of rotatable bonds is 8. The fourth-order valence-electron chi connectivity index (χ4n) is 3.51. The Hall–Kier alpha value is -3.30. The Morgan fingerprint density at radius 1 is 1.27 bits per heavy atom. The quantitative estimate of drug-likeness (QED) is 0.604. The van der Waals surface area contributed by atoms with Crippen molar-refractivity contribution in [1.29, 1.82) is 0 Å². The van der Waals surface area contributed by atoms with Crippen LogP contribution in [0.25, 0.3) is 0 Å². The lowest BCUT2D eigenvalue weighted by Gasteiger charge is -2.28. The highest BCUT2D eigenvalue weighted by Gasteiger charge is 2.37. The summed E-state index contributed by atoms with van der Waals surface area (Å²) in [4.78, 5) is 50.5. The Morgan fingerprint density at radius 3 is 2.73 bits per heavy atom. The first-order valence-corrected chi connectivity index (χ1v) is 9.87. The standard InChI is InChI=1S/C20H25N3O7/c1-3-14-17(19(26)28-4-2)15(22-20(27)21-14)11-30-18(25)12-8-16(24)23(9-12)10-13-6-5-7-29-13/h5-7,12,14H,3-4,8-11H2,1-2H3,(H2,21,22,27)/t12-,14-/m1/s1. The Labute approximate surface area is 173 Å². The second kappa shape index (κ2) is 9.47. The van der Waals surface area contributed by atoms with Gasteiger partial charge in [0, 0.05) is 13.0 Å². The Balaban J connectivity index is 1.65. The Kier molecular flexibility index (Phi) is 6.76. The molecule has 2 atom stereocenters. The summed E-state index contributed by atoms with van der Waals surface area (Å²) in [5.74, 6) is -1.31. The lowest BCUT2D eigenvalue weighted by atomic mass is 10.0. The van der Waals surface area contributed by atoms with Crippen LogP contribution < -0.4 is 10.6 Å². The number of hydrogen-bond donors (Lipinski definition) is 2. The van der Waals surface area contributed by atoms with E-state index in [4.69, 9.17) is 13.9 Å². The van der Waals surface area contributed by atoms with E-state index in [1.807, 2.05) is 6.92 Å². The van der Waals surface area contributed by atoms with Crippen molar-refractivity contribution in [2.45, 2.75) is 39.3 Å². The molecule has 162 valence electrons. The maximum absolute atomic E-state index is 12.5. The molecule has 1 aromatic rings. The van der Waals surface area contributed by atoms with Gasteiger partial charge in [0.1, 0.15) is 12.4 Å². The number of likely N-dealkylation sites (tertiary alicyclic amines) is 1. The topological polar surface area (TPSA) is 127 Å². The van der Waals surface area contributed by atoms with E-state index in [1.165, 1.54) is 11.2 Å². The molecule has 3 rings (SSSR count). The first-order valence-electron chi connectivity index (χ1n) is 9.87. The predicted octanol–water partition coefficient (Wildman–Crippen LogP) is 1.08. The second-order valence-corrected chi connectivity index (χ2v) is 7.03. The van der Waals surface area contributed by atoms with Crippen molar-refractivity contribution in [3.63, 3.8) is 0 Å². The zero-order valence-corrected chi connectivity index (χ0v) is 16.9. The van der Waals surface area contributed by atoms with Crippen LogP contribution in [0, 0.1) is 5.92 Å². The molecule has 0 aromatic carbocycles. The van der Waals surface area contributed by atoms with E-state index in [0.29, 0.717) is 12.2 Å². The van der Waals surface area contributed by atoms with Crippen LogP contribution in [0.4, 0.5) is 4.79 Å². The number of ether oxygens (including phenoxy) is 2. The number of amides is 3. The smallest absolute Gasteiger partial charge is 0.338 e. The van der Waals surface area contributed by atoms with Crippen molar-refractivity contribution in [2.75, 3.05) is 19.8 Å². The van der Waals surface area contributed by atoms with E-state index in [9.17, 15) is 19.2 Å². The molecule has 10 heteroatoms. The summed E-state index contributed by atoms with van der Waals surface area (Å²) in [7, 11) is 0. The number of carbonyl (C=O) groups excluding carboxylic acids is 4. The molecule has 0 unspecified atom stereocenters. The molecule has 2 aliphatic heterocycles. The van der Waals surface area contributed by atoms with Gasteiger partial charge in [-0.3, -0.25) is 9.59 Å². The van der Waals surface area contributed by atoms with E-state index in [-0.39, 0.29) is 49.9 Å². The van der Waals surface area contributed by atoms with Crippen molar-refractivity contribution < 1.29 is 33.1 Å². The molecule has 0 aliphatic carbocycles. The van der Waals surface area contributed by atoms with E-state index in [0.717, 1.165) is 0 Å². The van der Waals surface area contributed by atoms with Gasteiger partial charge in [-0.05, 0) is 25.5 Å². The highest BCUT2D eigenvalue weighted by atomic mass is 16.5. The van der Waals surface area contributed by atoms with Crippen LogP contribution in [0.5, 0.6) is 0 Å². The van der Waals surface area contributed by atoms with Gasteiger partial charge in [0.05, 0.1) is 42.6 Å². The van der Waals surface area contributed by atoms with Crippen molar-refractivity contribution in [1.82, 2.24) is 15.5 Å². The SMILES string of the molecule is CCOC(=O)C1=C(COC(=O)[C@@H]2CC(=O)N(Cc3ccco3)C2)NC(=O)N[C@@H]1CC. The molecule has 1 aromatic heterocycles. The minimum Gasteiger partial charge on any atom is -0.467 e. The van der Waals surface area contributed by atoms with Crippen LogP contribution in [0.3, 0.4) is 0 Å². The summed E-state index contributed by atoms with van der Waals surface area (Å²) < 4.78 is 15.7. The van der Waals surface area contributed by atoms with Gasteiger partial charge in [0.15, 0.2) is 0 Å². The van der Waals surface area contributed by atoms with Gasteiger partial charge in [-0.15, -0.1) is 0 Å². The minimum absolute atomic E-state index is 0.0365. The number of carbonyl (C=O) groups is 4. The second-order valence-electron chi connectivity index (χ2n) is 7.03. The summed E-state index contributed by atoms with van der Waals surface area (Å²) >= 11 is 0. The third-order valence-corrected chi connectivity index (χ3v) is 4.98. The van der Waals surface area contributed by atoms with Crippen molar-refractivity contribution in [3.05, 3.63) is 35.4 Å². The Bertz CT molecular complexity index is 847. The van der Waals surface area contributed by atoms with Crippen LogP contribution in [-0.2, 0) is 30.4 Å². The number of urea groups is 1. The lowest BCUT2D eigenvalue weighted by Crippen LogP contribution is -2.51. The van der Waals surface area contributed by atoms with E-state index >= 15 is 0 Å². The van der Waals surface area contributed by atoms with E-state index in [1.54, 1.807) is 19.1 Å². The van der Waals surface area contributed by atoms with Crippen molar-refractivity contribution >= 4 is 23.9 Å². The van der Waals surface area contributed by atoms with Gasteiger partial charge in [-0.2, -0.15) is 0 Å².